The minimum absolute atomic E-state index is 0.401. The second-order valence-corrected chi connectivity index (χ2v) is 3.46. The number of aliphatic hydroxyl groups excluding tert-OH is 2. The second-order valence-electron chi connectivity index (χ2n) is 3.46. The number of carbonyl (C=O) groups is 1. The van der Waals surface area contributed by atoms with Crippen molar-refractivity contribution in [3.63, 3.8) is 0 Å². The lowest BCUT2D eigenvalue weighted by Crippen LogP contribution is -2.23. The molecule has 0 fully saturated rings. The van der Waals surface area contributed by atoms with E-state index in [1.165, 1.54) is 0 Å². The summed E-state index contributed by atoms with van der Waals surface area (Å²) in [5.74, 6) is -2.36. The van der Waals surface area contributed by atoms with Gasteiger partial charge in [-0.1, -0.05) is 0 Å². The van der Waals surface area contributed by atoms with E-state index in [1.54, 1.807) is 0 Å². The summed E-state index contributed by atoms with van der Waals surface area (Å²) in [6, 6.07) is 2.48. The van der Waals surface area contributed by atoms with Crippen LogP contribution in [0.1, 0.15) is 18.1 Å². The van der Waals surface area contributed by atoms with Crippen molar-refractivity contribution in [3.8, 4) is 0 Å². The molecule has 0 radical (unpaired) electrons. The molecular weight excluding hydrogens is 234 g/mol. The summed E-state index contributed by atoms with van der Waals surface area (Å²) < 4.78 is 30.4. The van der Waals surface area contributed by atoms with Gasteiger partial charge in [0, 0.05) is 5.56 Å². The van der Waals surface area contributed by atoms with Crippen molar-refractivity contribution in [2.24, 2.45) is 0 Å². The van der Waals surface area contributed by atoms with Gasteiger partial charge in [-0.05, 0) is 18.2 Å². The van der Waals surface area contributed by atoms with Gasteiger partial charge in [0.2, 0.25) is 0 Å². The highest BCUT2D eigenvalue weighted by Gasteiger charge is 2.24. The Hall–Kier alpha value is -1.53. The molecule has 1 aromatic carbocycles. The molecule has 0 aliphatic carbocycles. The normalized spacial score (nSPS) is 14.2. The highest BCUT2D eigenvalue weighted by atomic mass is 19.1. The fraction of sp³-hybridized carbons (Fsp3) is 0.364. The number of hydrogen-bond acceptors (Lipinski definition) is 4. The summed E-state index contributed by atoms with van der Waals surface area (Å²) in [6.07, 6.45) is -3.75. The van der Waals surface area contributed by atoms with Crippen LogP contribution in [0.15, 0.2) is 18.2 Å². The zero-order valence-corrected chi connectivity index (χ0v) is 9.06. The first-order chi connectivity index (χ1) is 7.95. The van der Waals surface area contributed by atoms with Gasteiger partial charge in [-0.3, -0.25) is 4.79 Å². The van der Waals surface area contributed by atoms with Crippen molar-refractivity contribution in [1.82, 2.24) is 0 Å². The molecule has 0 aliphatic rings. The molecule has 17 heavy (non-hydrogen) atoms. The molecule has 6 heteroatoms. The molecule has 2 atom stereocenters. The lowest BCUT2D eigenvalue weighted by molar-refractivity contribution is -0.144. The van der Waals surface area contributed by atoms with Gasteiger partial charge in [0.15, 0.2) is 0 Å². The molecule has 0 amide bonds. The van der Waals surface area contributed by atoms with E-state index in [-0.39, 0.29) is 0 Å². The molecular formula is C11H12F2O4. The van der Waals surface area contributed by atoms with Crippen LogP contribution in [0.3, 0.4) is 0 Å². The fourth-order valence-electron chi connectivity index (χ4n) is 1.31. The van der Waals surface area contributed by atoms with Gasteiger partial charge in [-0.25, -0.2) is 8.78 Å². The largest absolute Gasteiger partial charge is 0.469 e. The maximum Gasteiger partial charge on any atom is 0.308 e. The first-order valence-electron chi connectivity index (χ1n) is 4.83. The summed E-state index contributed by atoms with van der Waals surface area (Å²) in [6.45, 7) is 0. The number of halogens is 2. The molecule has 1 rings (SSSR count). The van der Waals surface area contributed by atoms with Crippen molar-refractivity contribution in [1.29, 1.82) is 0 Å². The van der Waals surface area contributed by atoms with Crippen LogP contribution in [-0.2, 0) is 9.53 Å². The molecule has 94 valence electrons. The van der Waals surface area contributed by atoms with Crippen LogP contribution in [0.4, 0.5) is 8.78 Å². The Morgan fingerprint density at radius 1 is 1.41 bits per heavy atom. The van der Waals surface area contributed by atoms with Gasteiger partial charge in [-0.2, -0.15) is 0 Å². The Morgan fingerprint density at radius 2 is 2.06 bits per heavy atom. The maximum absolute atomic E-state index is 13.2. The molecule has 2 N–H and O–H groups in total. The predicted octanol–water partition coefficient (Wildman–Crippen LogP) is 0.922. The van der Waals surface area contributed by atoms with Crippen LogP contribution in [0.5, 0.6) is 0 Å². The zero-order valence-electron chi connectivity index (χ0n) is 9.06. The Morgan fingerprint density at radius 3 is 2.65 bits per heavy atom. The standard InChI is InChI=1S/C11H12F2O4/c1-17-10(15)5-9(14)11(16)7-4-6(12)2-3-8(7)13/h2-4,9,11,14,16H,5H2,1H3. The Balaban J connectivity index is 2.84. The van der Waals surface area contributed by atoms with Crippen molar-refractivity contribution in [2.75, 3.05) is 7.11 Å². The molecule has 1 aromatic rings. The first kappa shape index (κ1) is 13.5. The van der Waals surface area contributed by atoms with Gasteiger partial charge in [0.1, 0.15) is 17.7 Å². The van der Waals surface area contributed by atoms with Crippen molar-refractivity contribution >= 4 is 5.97 Å². The number of hydrogen-bond donors (Lipinski definition) is 2. The average Bonchev–Trinajstić information content (AvgIpc) is 2.31. The van der Waals surface area contributed by atoms with Crippen molar-refractivity contribution in [3.05, 3.63) is 35.4 Å². The summed E-state index contributed by atoms with van der Waals surface area (Å²) in [5.41, 5.74) is -0.401. The van der Waals surface area contributed by atoms with E-state index in [0.29, 0.717) is 0 Å². The number of ether oxygens (including phenoxy) is 1. The van der Waals surface area contributed by atoms with Crippen LogP contribution in [-0.4, -0.2) is 29.4 Å². The van der Waals surface area contributed by atoms with Gasteiger partial charge < -0.3 is 14.9 Å². The molecule has 0 aliphatic heterocycles. The Kier molecular flexibility index (Phi) is 4.53. The topological polar surface area (TPSA) is 66.8 Å². The molecule has 0 heterocycles. The smallest absolute Gasteiger partial charge is 0.308 e. The lowest BCUT2D eigenvalue weighted by atomic mass is 10.0. The van der Waals surface area contributed by atoms with Gasteiger partial charge >= 0.3 is 5.97 Å². The second kappa shape index (κ2) is 5.70. The van der Waals surface area contributed by atoms with Gasteiger partial charge in [0.25, 0.3) is 0 Å². The third-order valence-electron chi connectivity index (χ3n) is 2.24. The Bertz CT molecular complexity index is 408. The van der Waals surface area contributed by atoms with Crippen molar-refractivity contribution < 1.29 is 28.5 Å². The number of aliphatic hydroxyl groups is 2. The van der Waals surface area contributed by atoms with Crippen LogP contribution in [0, 0.1) is 11.6 Å². The number of carbonyl (C=O) groups excluding carboxylic acids is 1. The molecule has 0 saturated carbocycles. The average molecular weight is 246 g/mol. The monoisotopic (exact) mass is 246 g/mol. The van der Waals surface area contributed by atoms with E-state index in [1.807, 2.05) is 0 Å². The third-order valence-corrected chi connectivity index (χ3v) is 2.24. The Labute approximate surface area is 96.5 Å². The van der Waals surface area contributed by atoms with E-state index >= 15 is 0 Å². The van der Waals surface area contributed by atoms with E-state index in [0.717, 1.165) is 25.3 Å². The highest BCUT2D eigenvalue weighted by molar-refractivity contribution is 5.69. The van der Waals surface area contributed by atoms with Gasteiger partial charge in [-0.15, -0.1) is 0 Å². The van der Waals surface area contributed by atoms with Crippen LogP contribution >= 0.6 is 0 Å². The summed E-state index contributed by atoms with van der Waals surface area (Å²) in [5, 5.41) is 19.0. The molecule has 2 unspecified atom stereocenters. The van der Waals surface area contributed by atoms with Crippen LogP contribution in [0.2, 0.25) is 0 Å². The molecule has 0 bridgehead atoms. The number of methoxy groups -OCH3 is 1. The molecule has 0 saturated heterocycles. The minimum Gasteiger partial charge on any atom is -0.469 e. The SMILES string of the molecule is COC(=O)CC(O)C(O)c1cc(F)ccc1F. The van der Waals surface area contributed by atoms with Gasteiger partial charge in [0.05, 0.1) is 19.6 Å². The fourth-order valence-corrected chi connectivity index (χ4v) is 1.31. The number of esters is 1. The van der Waals surface area contributed by atoms with E-state index < -0.39 is 41.8 Å². The zero-order chi connectivity index (χ0) is 13.0. The molecule has 0 aromatic heterocycles. The molecule has 0 spiro atoms. The summed E-state index contributed by atoms with van der Waals surface area (Å²) in [7, 11) is 1.12. The minimum atomic E-state index is -1.69. The van der Waals surface area contributed by atoms with E-state index in [9.17, 15) is 23.8 Å². The van der Waals surface area contributed by atoms with Crippen LogP contribution in [0.25, 0.3) is 0 Å². The lowest BCUT2D eigenvalue weighted by Gasteiger charge is -2.17. The summed E-state index contributed by atoms with van der Waals surface area (Å²) in [4.78, 5) is 10.8. The first-order valence-corrected chi connectivity index (χ1v) is 4.83. The van der Waals surface area contributed by atoms with Crippen LogP contribution < -0.4 is 0 Å². The predicted molar refractivity (Wildman–Crippen MR) is 54.0 cm³/mol. The highest BCUT2D eigenvalue weighted by Crippen LogP contribution is 2.23. The maximum atomic E-state index is 13.2. The van der Waals surface area contributed by atoms with E-state index in [2.05, 4.69) is 4.74 Å². The summed E-state index contributed by atoms with van der Waals surface area (Å²) >= 11 is 0. The third kappa shape index (κ3) is 3.47. The quantitative estimate of drug-likeness (QED) is 0.775. The van der Waals surface area contributed by atoms with E-state index in [4.69, 9.17) is 0 Å². The number of benzene rings is 1. The number of rotatable bonds is 4. The molecule has 4 nitrogen and oxygen atoms in total. The van der Waals surface area contributed by atoms with Crippen molar-refractivity contribution in [2.45, 2.75) is 18.6 Å².